The Hall–Kier alpha value is -1.10. The SMILES string of the molecule is CC(CCCNC(=O)C1CC2CCCCC2N1)C(=O)O. The zero-order valence-electron chi connectivity index (χ0n) is 12.2. The van der Waals surface area contributed by atoms with E-state index in [0.717, 1.165) is 12.8 Å². The lowest BCUT2D eigenvalue weighted by atomic mass is 9.85. The van der Waals surface area contributed by atoms with Crippen LogP contribution in [0, 0.1) is 11.8 Å². The predicted octanol–water partition coefficient (Wildman–Crippen LogP) is 1.52. The molecule has 20 heavy (non-hydrogen) atoms. The smallest absolute Gasteiger partial charge is 0.306 e. The van der Waals surface area contributed by atoms with Crippen molar-refractivity contribution in [1.29, 1.82) is 0 Å². The number of fused-ring (bicyclic) bond motifs is 1. The fraction of sp³-hybridized carbons (Fsp3) is 0.867. The summed E-state index contributed by atoms with van der Waals surface area (Å²) in [6, 6.07) is 0.492. The second-order valence-corrected chi connectivity index (χ2v) is 6.28. The standard InChI is InChI=1S/C15H26N2O3/c1-10(15(19)20)5-4-8-16-14(18)13-9-11-6-2-3-7-12(11)17-13/h10-13,17H,2-9H2,1H3,(H,16,18)(H,19,20). The Bertz CT molecular complexity index is 345. The number of rotatable bonds is 6. The van der Waals surface area contributed by atoms with Gasteiger partial charge >= 0.3 is 5.97 Å². The van der Waals surface area contributed by atoms with Crippen molar-refractivity contribution in [3.05, 3.63) is 0 Å². The van der Waals surface area contributed by atoms with Crippen LogP contribution in [0.1, 0.15) is 51.9 Å². The van der Waals surface area contributed by atoms with E-state index in [1.54, 1.807) is 6.92 Å². The molecule has 1 saturated heterocycles. The molecule has 1 aliphatic heterocycles. The monoisotopic (exact) mass is 282 g/mol. The molecular weight excluding hydrogens is 256 g/mol. The number of carbonyl (C=O) groups excluding carboxylic acids is 1. The number of aliphatic carboxylic acids is 1. The van der Waals surface area contributed by atoms with Gasteiger partial charge in [-0.3, -0.25) is 9.59 Å². The maximum absolute atomic E-state index is 12.1. The number of hydrogen-bond acceptors (Lipinski definition) is 3. The van der Waals surface area contributed by atoms with Crippen molar-refractivity contribution in [3.8, 4) is 0 Å². The molecule has 0 radical (unpaired) electrons. The van der Waals surface area contributed by atoms with Crippen LogP contribution in [-0.4, -0.2) is 35.6 Å². The molecule has 0 bridgehead atoms. The Balaban J connectivity index is 1.64. The maximum Gasteiger partial charge on any atom is 0.306 e. The number of carboxylic acids is 1. The van der Waals surface area contributed by atoms with Crippen molar-refractivity contribution in [2.45, 2.75) is 64.0 Å². The predicted molar refractivity (Wildman–Crippen MR) is 76.3 cm³/mol. The number of hydrogen-bond donors (Lipinski definition) is 3. The number of nitrogens with one attached hydrogen (secondary N) is 2. The normalized spacial score (nSPS) is 30.6. The van der Waals surface area contributed by atoms with Gasteiger partial charge in [0.15, 0.2) is 0 Å². The lowest BCUT2D eigenvalue weighted by Crippen LogP contribution is -2.43. The number of carbonyl (C=O) groups is 2. The third-order valence-electron chi connectivity index (χ3n) is 4.71. The minimum atomic E-state index is -0.766. The third kappa shape index (κ3) is 3.95. The van der Waals surface area contributed by atoms with Crippen LogP contribution in [0.4, 0.5) is 0 Å². The summed E-state index contributed by atoms with van der Waals surface area (Å²) in [6.07, 6.45) is 7.31. The first-order chi connectivity index (χ1) is 9.58. The van der Waals surface area contributed by atoms with Crippen molar-refractivity contribution in [3.63, 3.8) is 0 Å². The van der Waals surface area contributed by atoms with E-state index in [2.05, 4.69) is 10.6 Å². The van der Waals surface area contributed by atoms with Crippen LogP contribution in [0.25, 0.3) is 0 Å². The minimum absolute atomic E-state index is 0.0417. The van der Waals surface area contributed by atoms with Gasteiger partial charge in [-0.2, -0.15) is 0 Å². The second kappa shape index (κ2) is 7.07. The second-order valence-electron chi connectivity index (χ2n) is 6.28. The molecule has 1 heterocycles. The molecule has 5 heteroatoms. The quantitative estimate of drug-likeness (QED) is 0.646. The molecule has 4 atom stereocenters. The largest absolute Gasteiger partial charge is 0.481 e. The summed E-state index contributed by atoms with van der Waals surface area (Å²) in [5, 5.41) is 15.2. The van der Waals surface area contributed by atoms with Gasteiger partial charge in [0.1, 0.15) is 0 Å². The topological polar surface area (TPSA) is 78.4 Å². The first-order valence-corrected chi connectivity index (χ1v) is 7.84. The van der Waals surface area contributed by atoms with Crippen molar-refractivity contribution in [1.82, 2.24) is 10.6 Å². The van der Waals surface area contributed by atoms with Gasteiger partial charge in [-0.1, -0.05) is 19.8 Å². The molecule has 2 fully saturated rings. The van der Waals surface area contributed by atoms with E-state index in [1.807, 2.05) is 0 Å². The van der Waals surface area contributed by atoms with Crippen molar-refractivity contribution >= 4 is 11.9 Å². The average molecular weight is 282 g/mol. The fourth-order valence-electron chi connectivity index (χ4n) is 3.39. The van der Waals surface area contributed by atoms with Gasteiger partial charge in [0.05, 0.1) is 12.0 Å². The molecule has 1 amide bonds. The molecule has 2 aliphatic rings. The third-order valence-corrected chi connectivity index (χ3v) is 4.71. The molecule has 2 rings (SSSR count). The average Bonchev–Trinajstić information content (AvgIpc) is 2.86. The van der Waals surface area contributed by atoms with E-state index in [9.17, 15) is 9.59 Å². The molecule has 0 aromatic rings. The lowest BCUT2D eigenvalue weighted by Gasteiger charge is -2.24. The molecule has 1 aliphatic carbocycles. The van der Waals surface area contributed by atoms with E-state index < -0.39 is 5.97 Å². The summed E-state index contributed by atoms with van der Waals surface area (Å²) in [7, 11) is 0. The van der Waals surface area contributed by atoms with Crippen molar-refractivity contribution < 1.29 is 14.7 Å². The number of carboxylic acid groups (broad SMARTS) is 1. The highest BCUT2D eigenvalue weighted by Crippen LogP contribution is 2.33. The molecule has 0 aromatic carbocycles. The van der Waals surface area contributed by atoms with Crippen LogP contribution in [0.2, 0.25) is 0 Å². The highest BCUT2D eigenvalue weighted by Gasteiger charge is 2.37. The zero-order chi connectivity index (χ0) is 14.5. The summed E-state index contributed by atoms with van der Waals surface area (Å²) in [4.78, 5) is 22.8. The summed E-state index contributed by atoms with van der Waals surface area (Å²) in [5.74, 6) is -0.342. The van der Waals surface area contributed by atoms with E-state index in [0.29, 0.717) is 24.9 Å². The van der Waals surface area contributed by atoms with Crippen LogP contribution in [-0.2, 0) is 9.59 Å². The summed E-state index contributed by atoms with van der Waals surface area (Å²) < 4.78 is 0. The molecule has 5 nitrogen and oxygen atoms in total. The van der Waals surface area contributed by atoms with Crippen LogP contribution >= 0.6 is 0 Å². The minimum Gasteiger partial charge on any atom is -0.481 e. The Kier molecular flexibility index (Phi) is 5.40. The molecular formula is C15H26N2O3. The van der Waals surface area contributed by atoms with Gasteiger partial charge in [0, 0.05) is 12.6 Å². The molecule has 1 saturated carbocycles. The van der Waals surface area contributed by atoms with Gasteiger partial charge in [-0.25, -0.2) is 0 Å². The van der Waals surface area contributed by atoms with Gasteiger partial charge in [-0.15, -0.1) is 0 Å². The molecule has 3 N–H and O–H groups in total. The van der Waals surface area contributed by atoms with E-state index in [4.69, 9.17) is 5.11 Å². The highest BCUT2D eigenvalue weighted by atomic mass is 16.4. The van der Waals surface area contributed by atoms with Crippen LogP contribution in [0.3, 0.4) is 0 Å². The lowest BCUT2D eigenvalue weighted by molar-refractivity contribution is -0.141. The Morgan fingerprint density at radius 1 is 1.35 bits per heavy atom. The Morgan fingerprint density at radius 3 is 2.80 bits per heavy atom. The highest BCUT2D eigenvalue weighted by molar-refractivity contribution is 5.82. The summed E-state index contributed by atoms with van der Waals surface area (Å²) >= 11 is 0. The number of amides is 1. The van der Waals surface area contributed by atoms with Crippen LogP contribution in [0.5, 0.6) is 0 Å². The van der Waals surface area contributed by atoms with Crippen molar-refractivity contribution in [2.24, 2.45) is 11.8 Å². The first-order valence-electron chi connectivity index (χ1n) is 7.84. The summed E-state index contributed by atoms with van der Waals surface area (Å²) in [5.41, 5.74) is 0. The van der Waals surface area contributed by atoms with Gasteiger partial charge < -0.3 is 15.7 Å². The molecule has 0 aromatic heterocycles. The Morgan fingerprint density at radius 2 is 2.10 bits per heavy atom. The van der Waals surface area contributed by atoms with E-state index in [-0.39, 0.29) is 17.9 Å². The van der Waals surface area contributed by atoms with Gasteiger partial charge in [0.25, 0.3) is 0 Å². The summed E-state index contributed by atoms with van der Waals surface area (Å²) in [6.45, 7) is 2.28. The molecule has 0 spiro atoms. The molecule has 114 valence electrons. The van der Waals surface area contributed by atoms with Gasteiger partial charge in [0.2, 0.25) is 5.91 Å². The fourth-order valence-corrected chi connectivity index (χ4v) is 3.39. The van der Waals surface area contributed by atoms with Crippen LogP contribution in [0.15, 0.2) is 0 Å². The maximum atomic E-state index is 12.1. The van der Waals surface area contributed by atoms with E-state index >= 15 is 0 Å². The van der Waals surface area contributed by atoms with E-state index in [1.165, 1.54) is 25.7 Å². The molecule has 4 unspecified atom stereocenters. The van der Waals surface area contributed by atoms with Crippen molar-refractivity contribution in [2.75, 3.05) is 6.54 Å². The van der Waals surface area contributed by atoms with Gasteiger partial charge in [-0.05, 0) is 38.0 Å². The zero-order valence-corrected chi connectivity index (χ0v) is 12.2. The Labute approximate surface area is 120 Å². The first kappa shape index (κ1) is 15.3. The van der Waals surface area contributed by atoms with Crippen LogP contribution < -0.4 is 10.6 Å².